The molecular weight excluding hydrogens is 258 g/mol. The fourth-order valence-electron chi connectivity index (χ4n) is 2.73. The Bertz CT molecular complexity index is 509. The Morgan fingerprint density at radius 1 is 1.47 bits per heavy atom. The molecule has 4 nitrogen and oxygen atoms in total. The Kier molecular flexibility index (Phi) is 3.96. The molecule has 1 fully saturated rings. The number of hydrogen-bond donors (Lipinski definition) is 3. The summed E-state index contributed by atoms with van der Waals surface area (Å²) in [7, 11) is 0. The van der Waals surface area contributed by atoms with Gasteiger partial charge in [-0.1, -0.05) is 12.5 Å². The first kappa shape index (κ1) is 12.8. The molecule has 1 saturated carbocycles. The third-order valence-corrected chi connectivity index (χ3v) is 4.71. The first-order valence-corrected chi connectivity index (χ1v) is 7.67. The molecule has 0 aliphatic heterocycles. The number of aliphatic hydroxyl groups is 1. The van der Waals surface area contributed by atoms with Gasteiger partial charge in [0.15, 0.2) is 0 Å². The molecule has 2 aromatic heterocycles. The molecule has 3 N–H and O–H groups in total. The average Bonchev–Trinajstić information content (AvgIpc) is 3.11. The highest BCUT2D eigenvalue weighted by Gasteiger charge is 2.24. The zero-order valence-electron chi connectivity index (χ0n) is 10.8. The molecule has 0 spiro atoms. The van der Waals surface area contributed by atoms with Crippen LogP contribution in [-0.4, -0.2) is 28.0 Å². The van der Waals surface area contributed by atoms with Crippen LogP contribution in [0.5, 0.6) is 0 Å². The summed E-state index contributed by atoms with van der Waals surface area (Å²) in [5, 5.41) is 22.5. The highest BCUT2D eigenvalue weighted by atomic mass is 32.1. The van der Waals surface area contributed by atoms with Gasteiger partial charge in [0.1, 0.15) is 0 Å². The molecule has 0 radical (unpaired) electrons. The Labute approximate surface area is 116 Å². The lowest BCUT2D eigenvalue weighted by Crippen LogP contribution is -2.27. The number of nitrogens with one attached hydrogen (secondary N) is 2. The van der Waals surface area contributed by atoms with Gasteiger partial charge in [0, 0.05) is 18.7 Å². The van der Waals surface area contributed by atoms with Crippen molar-refractivity contribution >= 4 is 11.3 Å². The van der Waals surface area contributed by atoms with Crippen LogP contribution in [0.4, 0.5) is 0 Å². The summed E-state index contributed by atoms with van der Waals surface area (Å²) in [6.07, 6.45) is 5.01. The largest absolute Gasteiger partial charge is 0.393 e. The highest BCUT2D eigenvalue weighted by Crippen LogP contribution is 2.27. The van der Waals surface area contributed by atoms with Gasteiger partial charge >= 0.3 is 0 Å². The minimum atomic E-state index is -0.117. The maximum Gasteiger partial charge on any atom is 0.0794 e. The lowest BCUT2D eigenvalue weighted by Gasteiger charge is -2.14. The van der Waals surface area contributed by atoms with Crippen molar-refractivity contribution in [3.63, 3.8) is 0 Å². The standard InChI is InChI=1S/C14H19N3OS/c18-12-4-1-3-10(12)7-15-8-11-9-16-17-14(11)13-5-2-6-19-13/h2,5-6,9-10,12,15,18H,1,3-4,7-8H2,(H,16,17). The van der Waals surface area contributed by atoms with Crippen molar-refractivity contribution in [1.82, 2.24) is 15.5 Å². The summed E-state index contributed by atoms with van der Waals surface area (Å²) in [4.78, 5) is 1.22. The second-order valence-corrected chi connectivity index (χ2v) is 6.08. The molecule has 2 atom stereocenters. The van der Waals surface area contributed by atoms with Gasteiger partial charge in [0.2, 0.25) is 0 Å². The Balaban J connectivity index is 1.57. The van der Waals surface area contributed by atoms with E-state index >= 15 is 0 Å². The Morgan fingerprint density at radius 2 is 2.42 bits per heavy atom. The van der Waals surface area contributed by atoms with Crippen molar-refractivity contribution in [3.8, 4) is 10.6 Å². The lowest BCUT2D eigenvalue weighted by atomic mass is 10.1. The van der Waals surface area contributed by atoms with Crippen LogP contribution < -0.4 is 5.32 Å². The maximum absolute atomic E-state index is 9.79. The van der Waals surface area contributed by atoms with Crippen molar-refractivity contribution in [2.45, 2.75) is 31.9 Å². The van der Waals surface area contributed by atoms with Crippen molar-refractivity contribution in [2.75, 3.05) is 6.54 Å². The molecule has 0 aromatic carbocycles. The predicted molar refractivity (Wildman–Crippen MR) is 77.0 cm³/mol. The topological polar surface area (TPSA) is 60.9 Å². The number of aliphatic hydroxyl groups excluding tert-OH is 1. The number of nitrogens with zero attached hydrogens (tertiary/aromatic N) is 1. The van der Waals surface area contributed by atoms with E-state index < -0.39 is 0 Å². The van der Waals surface area contributed by atoms with E-state index in [1.54, 1.807) is 11.3 Å². The van der Waals surface area contributed by atoms with E-state index in [0.717, 1.165) is 38.0 Å². The van der Waals surface area contributed by atoms with E-state index in [1.807, 2.05) is 12.3 Å². The van der Waals surface area contributed by atoms with Gasteiger partial charge < -0.3 is 10.4 Å². The fraction of sp³-hybridized carbons (Fsp3) is 0.500. The maximum atomic E-state index is 9.79. The molecular formula is C14H19N3OS. The molecule has 0 bridgehead atoms. The third kappa shape index (κ3) is 2.88. The SMILES string of the molecule is OC1CCCC1CNCc1cn[nH]c1-c1cccs1. The van der Waals surface area contributed by atoms with Crippen LogP contribution in [0.2, 0.25) is 0 Å². The summed E-state index contributed by atoms with van der Waals surface area (Å²) in [6.45, 7) is 1.68. The second kappa shape index (κ2) is 5.86. The molecule has 2 unspecified atom stereocenters. The molecule has 0 saturated heterocycles. The average molecular weight is 277 g/mol. The quantitative estimate of drug-likeness (QED) is 0.786. The monoisotopic (exact) mass is 277 g/mol. The summed E-state index contributed by atoms with van der Waals surface area (Å²) in [5.74, 6) is 0.414. The molecule has 3 rings (SSSR count). The number of thiophene rings is 1. The Morgan fingerprint density at radius 3 is 3.16 bits per heavy atom. The molecule has 2 heterocycles. The van der Waals surface area contributed by atoms with Crippen LogP contribution in [-0.2, 0) is 6.54 Å². The van der Waals surface area contributed by atoms with Crippen LogP contribution in [0.25, 0.3) is 10.6 Å². The first-order valence-electron chi connectivity index (χ1n) is 6.79. The van der Waals surface area contributed by atoms with Gasteiger partial charge in [-0.2, -0.15) is 5.10 Å². The van der Waals surface area contributed by atoms with Crippen LogP contribution in [0.3, 0.4) is 0 Å². The van der Waals surface area contributed by atoms with Crippen molar-refractivity contribution in [1.29, 1.82) is 0 Å². The van der Waals surface area contributed by atoms with Gasteiger partial charge in [-0.05, 0) is 30.2 Å². The molecule has 2 aromatic rings. The number of aromatic nitrogens is 2. The molecule has 19 heavy (non-hydrogen) atoms. The molecule has 102 valence electrons. The van der Waals surface area contributed by atoms with E-state index in [9.17, 15) is 5.11 Å². The van der Waals surface area contributed by atoms with Gasteiger partial charge in [0.05, 0.1) is 22.9 Å². The minimum absolute atomic E-state index is 0.117. The van der Waals surface area contributed by atoms with E-state index in [1.165, 1.54) is 10.4 Å². The zero-order valence-corrected chi connectivity index (χ0v) is 11.6. The predicted octanol–water partition coefficient (Wildman–Crippen LogP) is 2.39. The smallest absolute Gasteiger partial charge is 0.0794 e. The number of hydrogen-bond acceptors (Lipinski definition) is 4. The van der Waals surface area contributed by atoms with Gasteiger partial charge in [-0.3, -0.25) is 5.10 Å². The van der Waals surface area contributed by atoms with Crippen LogP contribution in [0.15, 0.2) is 23.7 Å². The van der Waals surface area contributed by atoms with Crippen molar-refractivity contribution in [3.05, 3.63) is 29.3 Å². The van der Waals surface area contributed by atoms with Crippen LogP contribution in [0, 0.1) is 5.92 Å². The first-order chi connectivity index (χ1) is 9.34. The minimum Gasteiger partial charge on any atom is -0.393 e. The number of H-pyrrole nitrogens is 1. The van der Waals surface area contributed by atoms with Crippen LogP contribution >= 0.6 is 11.3 Å². The third-order valence-electron chi connectivity index (χ3n) is 3.83. The number of aromatic amines is 1. The van der Waals surface area contributed by atoms with Crippen molar-refractivity contribution in [2.24, 2.45) is 5.92 Å². The van der Waals surface area contributed by atoms with E-state index in [2.05, 4.69) is 27.0 Å². The summed E-state index contributed by atoms with van der Waals surface area (Å²) in [6, 6.07) is 4.15. The van der Waals surface area contributed by atoms with E-state index in [-0.39, 0.29) is 6.10 Å². The molecule has 1 aliphatic carbocycles. The summed E-state index contributed by atoms with van der Waals surface area (Å²) >= 11 is 1.71. The highest BCUT2D eigenvalue weighted by molar-refractivity contribution is 7.13. The second-order valence-electron chi connectivity index (χ2n) is 5.14. The lowest BCUT2D eigenvalue weighted by molar-refractivity contribution is 0.131. The fourth-order valence-corrected chi connectivity index (χ4v) is 3.48. The van der Waals surface area contributed by atoms with Crippen LogP contribution in [0.1, 0.15) is 24.8 Å². The zero-order chi connectivity index (χ0) is 13.1. The Hall–Kier alpha value is -1.17. The molecule has 1 aliphatic rings. The van der Waals surface area contributed by atoms with Gasteiger partial charge in [-0.15, -0.1) is 11.3 Å². The normalized spacial score (nSPS) is 23.0. The van der Waals surface area contributed by atoms with Gasteiger partial charge in [0.25, 0.3) is 0 Å². The molecule has 5 heteroatoms. The van der Waals surface area contributed by atoms with E-state index in [4.69, 9.17) is 0 Å². The van der Waals surface area contributed by atoms with Gasteiger partial charge in [-0.25, -0.2) is 0 Å². The number of rotatable bonds is 5. The summed E-state index contributed by atoms with van der Waals surface area (Å²) in [5.41, 5.74) is 2.30. The molecule has 0 amide bonds. The van der Waals surface area contributed by atoms with Crippen molar-refractivity contribution < 1.29 is 5.11 Å². The van der Waals surface area contributed by atoms with E-state index in [0.29, 0.717) is 5.92 Å². The summed E-state index contributed by atoms with van der Waals surface area (Å²) < 4.78 is 0.